The highest BCUT2D eigenvalue weighted by Gasteiger charge is 2.27. The highest BCUT2D eigenvalue weighted by atomic mass is 35.5. The lowest BCUT2D eigenvalue weighted by molar-refractivity contribution is -0.140. The zero-order valence-corrected chi connectivity index (χ0v) is 15.5. The fraction of sp³-hybridized carbons (Fsp3) is 0.333. The van der Waals surface area contributed by atoms with Gasteiger partial charge >= 0.3 is 5.97 Å². The molecule has 1 aromatic carbocycles. The number of nitrogens with zero attached hydrogens (tertiary/aromatic N) is 1. The lowest BCUT2D eigenvalue weighted by atomic mass is 10.0. The molecule has 0 radical (unpaired) electrons. The molecule has 1 aromatic heterocycles. The van der Waals surface area contributed by atoms with Gasteiger partial charge in [-0.3, -0.25) is 4.79 Å². The van der Waals surface area contributed by atoms with E-state index < -0.39 is 5.97 Å². The molecule has 4 nitrogen and oxygen atoms in total. The first-order valence-corrected chi connectivity index (χ1v) is 8.73. The van der Waals surface area contributed by atoms with E-state index in [2.05, 4.69) is 0 Å². The SMILES string of the molecule is CC(C)(C)N(Cc1ccccc1)C(=O)COC(=O)c1ccc(Cl)s1. The van der Waals surface area contributed by atoms with Crippen LogP contribution in [0.3, 0.4) is 0 Å². The van der Waals surface area contributed by atoms with E-state index in [1.165, 1.54) is 0 Å². The Morgan fingerprint density at radius 2 is 1.79 bits per heavy atom. The molecule has 0 spiro atoms. The molecule has 1 amide bonds. The van der Waals surface area contributed by atoms with E-state index in [0.29, 0.717) is 15.8 Å². The summed E-state index contributed by atoms with van der Waals surface area (Å²) in [6.07, 6.45) is 0. The molecule has 0 fully saturated rings. The minimum absolute atomic E-state index is 0.234. The molecule has 1 heterocycles. The second-order valence-corrected chi connectivity index (χ2v) is 8.03. The Hall–Kier alpha value is -1.85. The summed E-state index contributed by atoms with van der Waals surface area (Å²) in [5, 5.41) is 0. The number of halogens is 1. The van der Waals surface area contributed by atoms with Gasteiger partial charge in [-0.25, -0.2) is 4.79 Å². The van der Waals surface area contributed by atoms with Crippen molar-refractivity contribution in [1.29, 1.82) is 0 Å². The van der Waals surface area contributed by atoms with Crippen LogP contribution in [0.2, 0.25) is 4.34 Å². The number of carbonyl (C=O) groups excluding carboxylic acids is 2. The van der Waals surface area contributed by atoms with Crippen LogP contribution in [0, 0.1) is 0 Å². The van der Waals surface area contributed by atoms with Gasteiger partial charge in [0.2, 0.25) is 0 Å². The topological polar surface area (TPSA) is 46.6 Å². The fourth-order valence-electron chi connectivity index (χ4n) is 2.17. The van der Waals surface area contributed by atoms with E-state index in [9.17, 15) is 9.59 Å². The number of rotatable bonds is 5. The monoisotopic (exact) mass is 365 g/mol. The maximum atomic E-state index is 12.6. The van der Waals surface area contributed by atoms with Crippen LogP contribution in [-0.4, -0.2) is 28.9 Å². The number of hydrogen-bond acceptors (Lipinski definition) is 4. The molecule has 128 valence electrons. The van der Waals surface area contributed by atoms with Gasteiger partial charge in [0.1, 0.15) is 4.88 Å². The maximum Gasteiger partial charge on any atom is 0.348 e. The summed E-state index contributed by atoms with van der Waals surface area (Å²) in [6, 6.07) is 12.9. The molecule has 24 heavy (non-hydrogen) atoms. The largest absolute Gasteiger partial charge is 0.451 e. The van der Waals surface area contributed by atoms with E-state index in [-0.39, 0.29) is 18.1 Å². The minimum atomic E-state index is -0.533. The van der Waals surface area contributed by atoms with Crippen molar-refractivity contribution in [2.45, 2.75) is 32.9 Å². The number of esters is 1. The van der Waals surface area contributed by atoms with E-state index in [4.69, 9.17) is 16.3 Å². The predicted octanol–water partition coefficient (Wildman–Crippen LogP) is 4.39. The minimum Gasteiger partial charge on any atom is -0.451 e. The molecule has 0 saturated carbocycles. The van der Waals surface area contributed by atoms with Crippen molar-refractivity contribution in [1.82, 2.24) is 4.90 Å². The van der Waals surface area contributed by atoms with E-state index in [1.54, 1.807) is 17.0 Å². The molecule has 0 unspecified atom stereocenters. The van der Waals surface area contributed by atoms with Crippen molar-refractivity contribution in [2.24, 2.45) is 0 Å². The van der Waals surface area contributed by atoms with Crippen LogP contribution >= 0.6 is 22.9 Å². The first kappa shape index (κ1) is 18.5. The first-order valence-electron chi connectivity index (χ1n) is 7.54. The van der Waals surface area contributed by atoms with Gasteiger partial charge in [0, 0.05) is 12.1 Å². The summed E-state index contributed by atoms with van der Waals surface area (Å²) in [5.41, 5.74) is 0.642. The first-order chi connectivity index (χ1) is 11.3. The zero-order valence-electron chi connectivity index (χ0n) is 13.9. The molecule has 0 aliphatic rings. The van der Waals surface area contributed by atoms with Crippen LogP contribution in [0.5, 0.6) is 0 Å². The third kappa shape index (κ3) is 5.08. The molecule has 6 heteroatoms. The Morgan fingerprint density at radius 3 is 2.33 bits per heavy atom. The van der Waals surface area contributed by atoms with Gasteiger partial charge in [0.25, 0.3) is 5.91 Å². The molecular formula is C18H20ClNO3S. The van der Waals surface area contributed by atoms with Crippen LogP contribution in [-0.2, 0) is 16.1 Å². The molecule has 0 saturated heterocycles. The van der Waals surface area contributed by atoms with Crippen molar-refractivity contribution >= 4 is 34.8 Å². The van der Waals surface area contributed by atoms with E-state index in [1.807, 2.05) is 51.1 Å². The van der Waals surface area contributed by atoms with Gasteiger partial charge in [0.05, 0.1) is 4.34 Å². The normalized spacial score (nSPS) is 11.2. The molecule has 0 aliphatic heterocycles. The Kier molecular flexibility index (Phi) is 6.02. The van der Waals surface area contributed by atoms with Crippen LogP contribution in [0.1, 0.15) is 36.0 Å². The summed E-state index contributed by atoms with van der Waals surface area (Å²) < 4.78 is 5.65. The molecule has 0 bridgehead atoms. The standard InChI is InChI=1S/C18H20ClNO3S/c1-18(2,3)20(11-13-7-5-4-6-8-13)16(21)12-23-17(22)14-9-10-15(19)24-14/h4-10H,11-12H2,1-3H3. The second kappa shape index (κ2) is 7.81. The summed E-state index contributed by atoms with van der Waals surface area (Å²) in [6.45, 7) is 6.03. The van der Waals surface area contributed by atoms with Gasteiger partial charge in [-0.15, -0.1) is 11.3 Å². The third-order valence-corrected chi connectivity index (χ3v) is 4.61. The molecule has 0 atom stereocenters. The van der Waals surface area contributed by atoms with Gasteiger partial charge < -0.3 is 9.64 Å². The second-order valence-electron chi connectivity index (χ2n) is 6.32. The number of amides is 1. The van der Waals surface area contributed by atoms with Crippen LogP contribution < -0.4 is 0 Å². The van der Waals surface area contributed by atoms with Crippen LogP contribution in [0.15, 0.2) is 42.5 Å². The quantitative estimate of drug-likeness (QED) is 0.738. The van der Waals surface area contributed by atoms with Gasteiger partial charge in [0.15, 0.2) is 6.61 Å². The number of thiophene rings is 1. The molecule has 2 rings (SSSR count). The average molecular weight is 366 g/mol. The molecule has 0 aliphatic carbocycles. The van der Waals surface area contributed by atoms with Crippen molar-refractivity contribution in [2.75, 3.05) is 6.61 Å². The third-order valence-electron chi connectivity index (χ3n) is 3.40. The number of ether oxygens (including phenoxy) is 1. The Morgan fingerprint density at radius 1 is 1.12 bits per heavy atom. The van der Waals surface area contributed by atoms with Crippen molar-refractivity contribution in [3.63, 3.8) is 0 Å². The summed E-state index contributed by atoms with van der Waals surface area (Å²) in [7, 11) is 0. The Labute approximate surface area is 151 Å². The summed E-state index contributed by atoms with van der Waals surface area (Å²) >= 11 is 6.93. The van der Waals surface area contributed by atoms with E-state index in [0.717, 1.165) is 16.9 Å². The number of hydrogen-bond donors (Lipinski definition) is 0. The van der Waals surface area contributed by atoms with Crippen molar-refractivity contribution in [3.8, 4) is 0 Å². The van der Waals surface area contributed by atoms with E-state index >= 15 is 0 Å². The van der Waals surface area contributed by atoms with Crippen molar-refractivity contribution in [3.05, 3.63) is 57.2 Å². The molecule has 2 aromatic rings. The van der Waals surface area contributed by atoms with Crippen LogP contribution in [0.25, 0.3) is 0 Å². The number of benzene rings is 1. The average Bonchev–Trinajstić information content (AvgIpc) is 2.96. The number of carbonyl (C=O) groups is 2. The lowest BCUT2D eigenvalue weighted by Gasteiger charge is -2.35. The summed E-state index contributed by atoms with van der Waals surface area (Å²) in [4.78, 5) is 26.6. The van der Waals surface area contributed by atoms with Gasteiger partial charge in [-0.2, -0.15) is 0 Å². The van der Waals surface area contributed by atoms with Crippen LogP contribution in [0.4, 0.5) is 0 Å². The molecular weight excluding hydrogens is 346 g/mol. The predicted molar refractivity (Wildman–Crippen MR) is 96.4 cm³/mol. The zero-order chi connectivity index (χ0) is 17.7. The highest BCUT2D eigenvalue weighted by Crippen LogP contribution is 2.22. The molecule has 0 N–H and O–H groups in total. The Bertz CT molecular complexity index is 707. The van der Waals surface area contributed by atoms with Gasteiger partial charge in [-0.1, -0.05) is 41.9 Å². The lowest BCUT2D eigenvalue weighted by Crippen LogP contribution is -2.46. The fourth-order valence-corrected chi connectivity index (χ4v) is 3.10. The summed E-state index contributed by atoms with van der Waals surface area (Å²) in [5.74, 6) is -0.767. The maximum absolute atomic E-state index is 12.6. The van der Waals surface area contributed by atoms with Gasteiger partial charge in [-0.05, 0) is 38.5 Å². The Balaban J connectivity index is 2.01. The van der Waals surface area contributed by atoms with Crippen molar-refractivity contribution < 1.29 is 14.3 Å². The smallest absolute Gasteiger partial charge is 0.348 e. The highest BCUT2D eigenvalue weighted by molar-refractivity contribution is 7.17.